The molecular weight excluding hydrogens is 312 g/mol. The van der Waals surface area contributed by atoms with Gasteiger partial charge in [0.1, 0.15) is 5.00 Å². The Morgan fingerprint density at radius 1 is 1.26 bits per heavy atom. The summed E-state index contributed by atoms with van der Waals surface area (Å²) in [6, 6.07) is 0.571. The van der Waals surface area contributed by atoms with Crippen molar-refractivity contribution >= 4 is 28.2 Å². The lowest BCUT2D eigenvalue weighted by molar-refractivity contribution is -0.899. The van der Waals surface area contributed by atoms with Crippen molar-refractivity contribution in [2.75, 3.05) is 26.0 Å². The molecule has 23 heavy (non-hydrogen) atoms. The standard InChI is InChI=1S/C17H26N2O3S/c1-11-12(2)23-16(15(11)17(21)22-4)18-14(20)10-19(3)13-8-6-5-7-9-13/h13H,5-10H2,1-4H3,(H,18,20)/p+1. The van der Waals surface area contributed by atoms with Crippen molar-refractivity contribution in [1.29, 1.82) is 0 Å². The van der Waals surface area contributed by atoms with Crippen LogP contribution in [0.2, 0.25) is 0 Å². The van der Waals surface area contributed by atoms with Gasteiger partial charge in [-0.2, -0.15) is 0 Å². The molecule has 128 valence electrons. The molecular formula is C17H27N2O3S+. The van der Waals surface area contributed by atoms with Crippen LogP contribution in [0.3, 0.4) is 0 Å². The van der Waals surface area contributed by atoms with Crippen molar-refractivity contribution in [3.8, 4) is 0 Å². The quantitative estimate of drug-likeness (QED) is 0.806. The van der Waals surface area contributed by atoms with Crippen LogP contribution in [0.5, 0.6) is 0 Å². The molecule has 2 rings (SSSR count). The zero-order valence-corrected chi connectivity index (χ0v) is 15.3. The van der Waals surface area contributed by atoms with Crippen LogP contribution in [0.25, 0.3) is 0 Å². The molecule has 1 unspecified atom stereocenters. The molecule has 0 spiro atoms. The van der Waals surface area contributed by atoms with Crippen LogP contribution in [0.4, 0.5) is 5.00 Å². The molecule has 1 aromatic heterocycles. The van der Waals surface area contributed by atoms with E-state index in [2.05, 4.69) is 12.4 Å². The molecule has 1 heterocycles. The minimum absolute atomic E-state index is 0.0422. The van der Waals surface area contributed by atoms with Gasteiger partial charge in [-0.05, 0) is 45.1 Å². The molecule has 1 atom stereocenters. The number of carbonyl (C=O) groups is 2. The van der Waals surface area contributed by atoms with Crippen LogP contribution in [0.1, 0.15) is 52.9 Å². The van der Waals surface area contributed by atoms with Gasteiger partial charge in [-0.25, -0.2) is 4.79 Å². The zero-order chi connectivity index (χ0) is 17.0. The Morgan fingerprint density at radius 3 is 2.52 bits per heavy atom. The highest BCUT2D eigenvalue weighted by Crippen LogP contribution is 2.32. The third-order valence-electron chi connectivity index (χ3n) is 4.77. The molecule has 1 aliphatic carbocycles. The van der Waals surface area contributed by atoms with Gasteiger partial charge in [0.25, 0.3) is 5.91 Å². The van der Waals surface area contributed by atoms with Gasteiger partial charge in [0.15, 0.2) is 6.54 Å². The molecule has 1 aliphatic rings. The molecule has 1 saturated carbocycles. The predicted octanol–water partition coefficient (Wildman–Crippen LogP) is 1.94. The highest BCUT2D eigenvalue weighted by Gasteiger charge is 2.25. The van der Waals surface area contributed by atoms with Crippen molar-refractivity contribution in [1.82, 2.24) is 0 Å². The molecule has 0 aliphatic heterocycles. The number of anilines is 1. The predicted molar refractivity (Wildman–Crippen MR) is 92.4 cm³/mol. The van der Waals surface area contributed by atoms with Crippen LogP contribution in [-0.2, 0) is 9.53 Å². The summed E-state index contributed by atoms with van der Waals surface area (Å²) in [7, 11) is 3.45. The molecule has 1 fully saturated rings. The second kappa shape index (κ2) is 7.93. The van der Waals surface area contributed by atoms with Gasteiger partial charge in [-0.3, -0.25) is 4.79 Å². The van der Waals surface area contributed by atoms with Crippen LogP contribution in [-0.4, -0.2) is 38.6 Å². The molecule has 6 heteroatoms. The molecule has 0 bridgehead atoms. The fourth-order valence-corrected chi connectivity index (χ4v) is 4.29. The van der Waals surface area contributed by atoms with E-state index >= 15 is 0 Å². The number of likely N-dealkylation sites (N-methyl/N-ethyl adjacent to an activating group) is 1. The highest BCUT2D eigenvalue weighted by atomic mass is 32.1. The fourth-order valence-electron chi connectivity index (χ4n) is 3.23. The summed E-state index contributed by atoms with van der Waals surface area (Å²) < 4.78 is 4.84. The Bertz CT molecular complexity index is 577. The Morgan fingerprint density at radius 2 is 1.91 bits per heavy atom. The summed E-state index contributed by atoms with van der Waals surface area (Å²) in [6.45, 7) is 4.26. The third kappa shape index (κ3) is 4.32. The summed E-state index contributed by atoms with van der Waals surface area (Å²) in [5.41, 5.74) is 1.36. The van der Waals surface area contributed by atoms with Crippen LogP contribution < -0.4 is 10.2 Å². The van der Waals surface area contributed by atoms with Crippen LogP contribution >= 0.6 is 11.3 Å². The van der Waals surface area contributed by atoms with E-state index in [1.54, 1.807) is 0 Å². The smallest absolute Gasteiger partial charge is 0.341 e. The van der Waals surface area contributed by atoms with Gasteiger partial charge in [0.2, 0.25) is 0 Å². The van der Waals surface area contributed by atoms with E-state index in [1.807, 2.05) is 13.8 Å². The van der Waals surface area contributed by atoms with Gasteiger partial charge in [-0.1, -0.05) is 6.42 Å². The Labute approximate surface area is 142 Å². The summed E-state index contributed by atoms with van der Waals surface area (Å²) >= 11 is 1.43. The topological polar surface area (TPSA) is 59.8 Å². The van der Waals surface area contributed by atoms with Crippen molar-refractivity contribution in [3.05, 3.63) is 16.0 Å². The number of ether oxygens (including phenoxy) is 1. The Hall–Kier alpha value is -1.40. The molecule has 1 amide bonds. The van der Waals surface area contributed by atoms with Gasteiger partial charge < -0.3 is 15.0 Å². The summed E-state index contributed by atoms with van der Waals surface area (Å²) in [5.74, 6) is -0.436. The molecule has 0 aromatic carbocycles. The number of hydrogen-bond donors (Lipinski definition) is 2. The molecule has 5 nitrogen and oxygen atoms in total. The lowest BCUT2D eigenvalue weighted by atomic mass is 9.94. The minimum Gasteiger partial charge on any atom is -0.465 e. The van der Waals surface area contributed by atoms with E-state index in [0.717, 1.165) is 10.4 Å². The van der Waals surface area contributed by atoms with Crippen molar-refractivity contribution in [2.45, 2.75) is 52.0 Å². The number of carbonyl (C=O) groups excluding carboxylic acids is 2. The maximum absolute atomic E-state index is 12.4. The van der Waals surface area contributed by atoms with Crippen molar-refractivity contribution in [3.63, 3.8) is 0 Å². The van der Waals surface area contributed by atoms with Gasteiger partial charge in [0.05, 0.1) is 25.8 Å². The Kier molecular flexibility index (Phi) is 6.18. The highest BCUT2D eigenvalue weighted by molar-refractivity contribution is 7.16. The van der Waals surface area contributed by atoms with E-state index in [4.69, 9.17) is 4.74 Å². The first-order chi connectivity index (χ1) is 10.9. The largest absolute Gasteiger partial charge is 0.465 e. The number of methoxy groups -OCH3 is 1. The molecule has 1 aromatic rings. The van der Waals surface area contributed by atoms with Gasteiger partial charge in [0, 0.05) is 4.88 Å². The average molecular weight is 339 g/mol. The SMILES string of the molecule is COC(=O)c1c(NC(=O)C[NH+](C)C2CCCCC2)sc(C)c1C. The van der Waals surface area contributed by atoms with Gasteiger partial charge in [-0.15, -0.1) is 11.3 Å². The summed E-state index contributed by atoms with van der Waals surface area (Å²) in [5, 5.41) is 3.52. The number of hydrogen-bond acceptors (Lipinski definition) is 4. The number of quaternary nitrogens is 1. The second-order valence-corrected chi connectivity index (χ2v) is 7.61. The third-order valence-corrected chi connectivity index (χ3v) is 5.89. The van der Waals surface area contributed by atoms with Gasteiger partial charge >= 0.3 is 5.97 Å². The van der Waals surface area contributed by atoms with E-state index in [1.165, 1.54) is 55.5 Å². The second-order valence-electron chi connectivity index (χ2n) is 6.39. The molecule has 2 N–H and O–H groups in total. The van der Waals surface area contributed by atoms with E-state index < -0.39 is 5.97 Å². The fraction of sp³-hybridized carbons (Fsp3) is 0.647. The monoisotopic (exact) mass is 339 g/mol. The first-order valence-corrected chi connectivity index (χ1v) is 9.06. The minimum atomic E-state index is -0.393. The first kappa shape index (κ1) is 17.9. The maximum atomic E-state index is 12.4. The Balaban J connectivity index is 2.02. The van der Waals surface area contributed by atoms with E-state index in [0.29, 0.717) is 23.2 Å². The number of esters is 1. The summed E-state index contributed by atoms with van der Waals surface area (Å²) in [6.07, 6.45) is 6.23. The number of amides is 1. The average Bonchev–Trinajstić information content (AvgIpc) is 2.81. The zero-order valence-electron chi connectivity index (χ0n) is 14.5. The number of aryl methyl sites for hydroxylation is 1. The normalized spacial score (nSPS) is 16.9. The lowest BCUT2D eigenvalue weighted by Crippen LogP contribution is -3.14. The molecule has 0 saturated heterocycles. The van der Waals surface area contributed by atoms with E-state index in [-0.39, 0.29) is 5.91 Å². The number of rotatable bonds is 5. The van der Waals surface area contributed by atoms with E-state index in [9.17, 15) is 9.59 Å². The van der Waals surface area contributed by atoms with Crippen molar-refractivity contribution < 1.29 is 19.2 Å². The van der Waals surface area contributed by atoms with Crippen molar-refractivity contribution in [2.24, 2.45) is 0 Å². The lowest BCUT2D eigenvalue weighted by Gasteiger charge is -2.27. The maximum Gasteiger partial charge on any atom is 0.341 e. The molecule has 0 radical (unpaired) electrons. The van der Waals surface area contributed by atoms with Crippen LogP contribution in [0.15, 0.2) is 0 Å². The van der Waals surface area contributed by atoms with Crippen LogP contribution in [0, 0.1) is 13.8 Å². The number of thiophene rings is 1. The summed E-state index contributed by atoms with van der Waals surface area (Å²) in [4.78, 5) is 26.6. The first-order valence-electron chi connectivity index (χ1n) is 8.24. The number of nitrogens with one attached hydrogen (secondary N) is 2.